The molecule has 0 rings (SSSR count). The first-order chi connectivity index (χ1) is 4.22. The molecule has 1 amide bonds. The van der Waals surface area contributed by atoms with E-state index in [1.54, 1.807) is 0 Å². The summed E-state index contributed by atoms with van der Waals surface area (Å²) >= 11 is 0. The van der Waals surface area contributed by atoms with E-state index in [2.05, 4.69) is 0 Å². The van der Waals surface area contributed by atoms with Crippen LogP contribution in [0, 0.1) is 4.91 Å². The second-order valence-corrected chi connectivity index (χ2v) is 1.18. The molecule has 0 radical (unpaired) electrons. The first-order valence-electron chi connectivity index (χ1n) is 2.12. The third-order valence-corrected chi connectivity index (χ3v) is 0.616. The molecular weight excluding hydrogens is 131 g/mol. The summed E-state index contributed by atoms with van der Waals surface area (Å²) < 4.78 is 11.3. The molecular formula is C3H5FN2O3. The number of hydrogen-bond donors (Lipinski definition) is 1. The highest BCUT2D eigenvalue weighted by atomic mass is 19.1. The second-order valence-electron chi connectivity index (χ2n) is 1.18. The Labute approximate surface area is 50.0 Å². The highest BCUT2D eigenvalue weighted by Gasteiger charge is 2.09. The van der Waals surface area contributed by atoms with Gasteiger partial charge < -0.3 is 5.11 Å². The zero-order chi connectivity index (χ0) is 7.28. The van der Waals surface area contributed by atoms with E-state index < -0.39 is 19.3 Å². The average molecular weight is 136 g/mol. The molecule has 0 saturated heterocycles. The van der Waals surface area contributed by atoms with E-state index in [9.17, 15) is 14.1 Å². The minimum Gasteiger partial charge on any atom is -0.464 e. The number of halogens is 1. The quantitative estimate of drug-likeness (QED) is 0.456. The van der Waals surface area contributed by atoms with Crippen molar-refractivity contribution in [1.29, 1.82) is 0 Å². The first kappa shape index (κ1) is 7.80. The number of nitrogens with zero attached hydrogens (tertiary/aromatic N) is 2. The van der Waals surface area contributed by atoms with E-state index in [0.29, 0.717) is 0 Å². The zero-order valence-corrected chi connectivity index (χ0v) is 4.45. The molecule has 0 aliphatic carbocycles. The Hall–Kier alpha value is -1.20. The van der Waals surface area contributed by atoms with Crippen molar-refractivity contribution in [2.75, 3.05) is 13.2 Å². The van der Waals surface area contributed by atoms with Gasteiger partial charge in [-0.2, -0.15) is 5.01 Å². The van der Waals surface area contributed by atoms with Crippen LogP contribution < -0.4 is 0 Å². The number of carboxylic acid groups (broad SMARTS) is 1. The standard InChI is InChI=1S/C3H5FN2O3/c4-1-2-6(5-9)3(7)8/h1-2H2,(H,7,8). The molecule has 52 valence electrons. The molecule has 0 aliphatic rings. The Morgan fingerprint density at radius 3 is 2.44 bits per heavy atom. The van der Waals surface area contributed by atoms with Crippen LogP contribution in [0.15, 0.2) is 5.29 Å². The van der Waals surface area contributed by atoms with Gasteiger partial charge in [-0.05, 0) is 0 Å². The zero-order valence-electron chi connectivity index (χ0n) is 4.45. The first-order valence-corrected chi connectivity index (χ1v) is 2.12. The Balaban J connectivity index is 3.68. The summed E-state index contributed by atoms with van der Waals surface area (Å²) in [7, 11) is 0. The van der Waals surface area contributed by atoms with Gasteiger partial charge >= 0.3 is 6.09 Å². The number of nitroso groups, excluding NO2 is 1. The Morgan fingerprint density at radius 1 is 1.78 bits per heavy atom. The van der Waals surface area contributed by atoms with Gasteiger partial charge in [0.2, 0.25) is 0 Å². The molecule has 0 heterocycles. The molecule has 0 saturated carbocycles. The van der Waals surface area contributed by atoms with E-state index in [0.717, 1.165) is 0 Å². The molecule has 5 nitrogen and oxygen atoms in total. The van der Waals surface area contributed by atoms with Crippen LogP contribution in [0.25, 0.3) is 0 Å². The van der Waals surface area contributed by atoms with Gasteiger partial charge in [0.1, 0.15) is 6.67 Å². The molecule has 0 spiro atoms. The predicted molar refractivity (Wildman–Crippen MR) is 26.5 cm³/mol. The van der Waals surface area contributed by atoms with Crippen molar-refractivity contribution in [2.24, 2.45) is 5.29 Å². The van der Waals surface area contributed by atoms with E-state index >= 15 is 0 Å². The molecule has 0 aromatic heterocycles. The molecule has 9 heavy (non-hydrogen) atoms. The lowest BCUT2D eigenvalue weighted by Gasteiger charge is -2.03. The van der Waals surface area contributed by atoms with Gasteiger partial charge in [0.05, 0.1) is 11.8 Å². The SMILES string of the molecule is O=NN(CCF)C(=O)O. The van der Waals surface area contributed by atoms with Gasteiger partial charge in [-0.25, -0.2) is 9.18 Å². The molecule has 0 aromatic carbocycles. The highest BCUT2D eigenvalue weighted by Crippen LogP contribution is 1.88. The summed E-state index contributed by atoms with van der Waals surface area (Å²) in [6.45, 7) is -1.41. The molecule has 6 heteroatoms. The topological polar surface area (TPSA) is 70.0 Å². The summed E-state index contributed by atoms with van der Waals surface area (Å²) in [6, 6.07) is 0. The van der Waals surface area contributed by atoms with Gasteiger partial charge in [0.25, 0.3) is 0 Å². The van der Waals surface area contributed by atoms with Crippen molar-refractivity contribution in [3.63, 3.8) is 0 Å². The third-order valence-electron chi connectivity index (χ3n) is 0.616. The lowest BCUT2D eigenvalue weighted by molar-refractivity contribution is 0.142. The van der Waals surface area contributed by atoms with Crippen molar-refractivity contribution in [2.45, 2.75) is 0 Å². The highest BCUT2D eigenvalue weighted by molar-refractivity contribution is 5.64. The average Bonchev–Trinajstić information content (AvgIpc) is 1.82. The van der Waals surface area contributed by atoms with Gasteiger partial charge in [-0.1, -0.05) is 0 Å². The number of amides is 1. The molecule has 0 aromatic rings. The summed E-state index contributed by atoms with van der Waals surface area (Å²) in [4.78, 5) is 19.3. The molecule has 0 unspecified atom stereocenters. The number of rotatable bonds is 3. The van der Waals surface area contributed by atoms with Crippen LogP contribution in [-0.2, 0) is 0 Å². The summed E-state index contributed by atoms with van der Waals surface area (Å²) in [6.07, 6.45) is -1.54. The molecule has 0 atom stereocenters. The fourth-order valence-electron chi connectivity index (χ4n) is 0.251. The Kier molecular flexibility index (Phi) is 3.26. The predicted octanol–water partition coefficient (Wildman–Crippen LogP) is 0.617. The maximum Gasteiger partial charge on any atom is 0.430 e. The lowest BCUT2D eigenvalue weighted by atomic mass is 10.7. The second kappa shape index (κ2) is 3.76. The monoisotopic (exact) mass is 136 g/mol. The Morgan fingerprint density at radius 2 is 2.33 bits per heavy atom. The smallest absolute Gasteiger partial charge is 0.430 e. The van der Waals surface area contributed by atoms with E-state index in [1.807, 2.05) is 5.29 Å². The fraction of sp³-hybridized carbons (Fsp3) is 0.667. The van der Waals surface area contributed by atoms with Crippen molar-refractivity contribution < 1.29 is 14.3 Å². The van der Waals surface area contributed by atoms with Crippen LogP contribution in [0.3, 0.4) is 0 Å². The summed E-state index contributed by atoms with van der Waals surface area (Å²) in [5, 5.41) is 10.1. The number of hydrogen-bond acceptors (Lipinski definition) is 3. The lowest BCUT2D eigenvalue weighted by Crippen LogP contribution is -2.25. The molecule has 0 aliphatic heterocycles. The van der Waals surface area contributed by atoms with Crippen LogP contribution in [0.5, 0.6) is 0 Å². The van der Waals surface area contributed by atoms with Crippen LogP contribution in [0.2, 0.25) is 0 Å². The van der Waals surface area contributed by atoms with Gasteiger partial charge in [0, 0.05) is 0 Å². The van der Waals surface area contributed by atoms with Crippen LogP contribution in [0.1, 0.15) is 0 Å². The summed E-state index contributed by atoms with van der Waals surface area (Å²) in [5.74, 6) is 0. The fourth-order valence-corrected chi connectivity index (χ4v) is 0.251. The van der Waals surface area contributed by atoms with Gasteiger partial charge in [-0.3, -0.25) is 0 Å². The van der Waals surface area contributed by atoms with E-state index in [1.165, 1.54) is 0 Å². The summed E-state index contributed by atoms with van der Waals surface area (Å²) in [5.41, 5.74) is 0. The maximum atomic E-state index is 11.3. The third kappa shape index (κ3) is 2.58. The van der Waals surface area contributed by atoms with E-state index in [4.69, 9.17) is 5.11 Å². The van der Waals surface area contributed by atoms with Crippen molar-refractivity contribution >= 4 is 6.09 Å². The molecule has 0 fully saturated rings. The maximum absolute atomic E-state index is 11.3. The number of carbonyl (C=O) groups is 1. The normalized spacial score (nSPS) is 8.56. The van der Waals surface area contributed by atoms with Crippen molar-refractivity contribution in [3.8, 4) is 0 Å². The van der Waals surface area contributed by atoms with Crippen molar-refractivity contribution in [1.82, 2.24) is 5.01 Å². The minimum absolute atomic E-state index is 0.0833. The van der Waals surface area contributed by atoms with Gasteiger partial charge in [-0.15, -0.1) is 4.91 Å². The van der Waals surface area contributed by atoms with Crippen LogP contribution in [-0.4, -0.2) is 29.4 Å². The molecule has 1 N–H and O–H groups in total. The van der Waals surface area contributed by atoms with Crippen LogP contribution in [0.4, 0.5) is 9.18 Å². The largest absolute Gasteiger partial charge is 0.464 e. The Bertz CT molecular complexity index is 118. The van der Waals surface area contributed by atoms with Gasteiger partial charge in [0.15, 0.2) is 0 Å². The van der Waals surface area contributed by atoms with Crippen LogP contribution >= 0.6 is 0 Å². The number of alkyl halides is 1. The van der Waals surface area contributed by atoms with Crippen molar-refractivity contribution in [3.05, 3.63) is 4.91 Å². The van der Waals surface area contributed by atoms with E-state index in [-0.39, 0.29) is 5.01 Å². The minimum atomic E-state index is -1.54. The molecule has 0 bridgehead atoms.